The Morgan fingerprint density at radius 3 is 2.75 bits per heavy atom. The Morgan fingerprint density at radius 2 is 2.19 bits per heavy atom. The first-order valence-electron chi connectivity index (χ1n) is 4.08. The molecule has 82 valence electrons. The van der Waals surface area contributed by atoms with Gasteiger partial charge < -0.3 is 5.11 Å². The Labute approximate surface area is 104 Å². The van der Waals surface area contributed by atoms with Crippen molar-refractivity contribution in [1.82, 2.24) is 9.97 Å². The van der Waals surface area contributed by atoms with Crippen molar-refractivity contribution in [3.05, 3.63) is 33.4 Å². The van der Waals surface area contributed by atoms with E-state index in [1.54, 1.807) is 0 Å². The lowest BCUT2D eigenvalue weighted by atomic mass is 10.3. The second-order valence-electron chi connectivity index (χ2n) is 2.83. The van der Waals surface area contributed by atoms with Crippen molar-refractivity contribution in [2.75, 3.05) is 0 Å². The maximum atomic E-state index is 10.7. The smallest absolute Gasteiger partial charge is 0.355 e. The van der Waals surface area contributed by atoms with Crippen LogP contribution in [0.2, 0.25) is 10.0 Å². The predicted molar refractivity (Wildman–Crippen MR) is 62.3 cm³/mol. The number of carboxylic acids is 1. The molecule has 0 unspecified atom stereocenters. The summed E-state index contributed by atoms with van der Waals surface area (Å²) in [6.07, 6.45) is 1.44. The van der Waals surface area contributed by atoms with E-state index in [2.05, 4.69) is 9.97 Å². The third kappa shape index (κ3) is 2.16. The first-order valence-corrected chi connectivity index (χ1v) is 5.71. The van der Waals surface area contributed by atoms with E-state index in [1.807, 2.05) is 0 Å². The molecule has 2 aromatic rings. The van der Waals surface area contributed by atoms with Gasteiger partial charge in [0.15, 0.2) is 5.69 Å². The van der Waals surface area contributed by atoms with Gasteiger partial charge in [-0.2, -0.15) is 0 Å². The van der Waals surface area contributed by atoms with E-state index in [0.29, 0.717) is 20.7 Å². The number of hydrogen-bond donors (Lipinski definition) is 1. The first-order chi connectivity index (χ1) is 7.58. The van der Waals surface area contributed by atoms with Gasteiger partial charge in [-0.1, -0.05) is 23.2 Å². The minimum Gasteiger partial charge on any atom is -0.476 e. The largest absolute Gasteiger partial charge is 0.476 e. The number of nitrogens with zero attached hydrogens (tertiary/aromatic N) is 2. The average molecular weight is 275 g/mol. The molecule has 0 fully saturated rings. The highest BCUT2D eigenvalue weighted by Gasteiger charge is 2.13. The molecule has 0 atom stereocenters. The van der Waals surface area contributed by atoms with Crippen molar-refractivity contribution in [1.29, 1.82) is 0 Å². The van der Waals surface area contributed by atoms with Crippen molar-refractivity contribution in [2.24, 2.45) is 0 Å². The summed E-state index contributed by atoms with van der Waals surface area (Å²) in [5.74, 6) is -1.08. The van der Waals surface area contributed by atoms with Gasteiger partial charge in [-0.25, -0.2) is 9.78 Å². The zero-order valence-corrected chi connectivity index (χ0v) is 9.97. The van der Waals surface area contributed by atoms with E-state index in [-0.39, 0.29) is 5.69 Å². The normalized spacial score (nSPS) is 10.4. The van der Waals surface area contributed by atoms with Gasteiger partial charge in [-0.3, -0.25) is 4.98 Å². The molecule has 2 heterocycles. The van der Waals surface area contributed by atoms with Crippen LogP contribution >= 0.6 is 34.5 Å². The number of hydrogen-bond acceptors (Lipinski definition) is 4. The van der Waals surface area contributed by atoms with Gasteiger partial charge >= 0.3 is 5.97 Å². The van der Waals surface area contributed by atoms with Crippen LogP contribution in [0.15, 0.2) is 17.6 Å². The minimum absolute atomic E-state index is 0.0205. The summed E-state index contributed by atoms with van der Waals surface area (Å²) in [5, 5.41) is 11.4. The summed E-state index contributed by atoms with van der Waals surface area (Å²) in [4.78, 5) is 18.6. The molecular formula is C9H4Cl2N2O2S. The second-order valence-corrected chi connectivity index (χ2v) is 4.53. The molecule has 0 aliphatic rings. The third-order valence-electron chi connectivity index (χ3n) is 1.73. The molecule has 2 aromatic heterocycles. The first kappa shape index (κ1) is 11.3. The van der Waals surface area contributed by atoms with E-state index in [9.17, 15) is 4.79 Å². The number of pyridine rings is 1. The molecule has 0 aliphatic heterocycles. The molecular weight excluding hydrogens is 271 g/mol. The van der Waals surface area contributed by atoms with E-state index >= 15 is 0 Å². The Morgan fingerprint density at radius 1 is 1.44 bits per heavy atom. The summed E-state index contributed by atoms with van der Waals surface area (Å²) < 4.78 is 0. The molecule has 0 amide bonds. The van der Waals surface area contributed by atoms with Crippen molar-refractivity contribution in [2.45, 2.75) is 0 Å². The second kappa shape index (κ2) is 4.37. The number of aromatic carboxylic acids is 1. The van der Waals surface area contributed by atoms with Crippen LogP contribution in [0, 0.1) is 0 Å². The van der Waals surface area contributed by atoms with E-state index < -0.39 is 5.97 Å². The maximum absolute atomic E-state index is 10.7. The fourth-order valence-electron chi connectivity index (χ4n) is 1.05. The van der Waals surface area contributed by atoms with Gasteiger partial charge in [0.2, 0.25) is 0 Å². The van der Waals surface area contributed by atoms with Crippen LogP contribution in [-0.4, -0.2) is 21.0 Å². The molecule has 0 bridgehead atoms. The van der Waals surface area contributed by atoms with Gasteiger partial charge in [0.05, 0.1) is 10.0 Å². The monoisotopic (exact) mass is 274 g/mol. The summed E-state index contributed by atoms with van der Waals surface area (Å²) in [5.41, 5.74) is 0.413. The van der Waals surface area contributed by atoms with Crippen molar-refractivity contribution >= 4 is 40.5 Å². The molecule has 4 nitrogen and oxygen atoms in total. The van der Waals surface area contributed by atoms with Gasteiger partial charge in [-0.15, -0.1) is 11.3 Å². The maximum Gasteiger partial charge on any atom is 0.355 e. The lowest BCUT2D eigenvalue weighted by Crippen LogP contribution is -1.96. The number of carboxylic acid groups (broad SMARTS) is 1. The van der Waals surface area contributed by atoms with Crippen LogP contribution in [0.25, 0.3) is 10.7 Å². The molecule has 16 heavy (non-hydrogen) atoms. The van der Waals surface area contributed by atoms with Gasteiger partial charge in [0, 0.05) is 11.6 Å². The fourth-order valence-corrected chi connectivity index (χ4v) is 2.38. The van der Waals surface area contributed by atoms with Crippen LogP contribution in [-0.2, 0) is 0 Å². The molecule has 2 rings (SSSR count). The quantitative estimate of drug-likeness (QED) is 0.914. The van der Waals surface area contributed by atoms with Crippen molar-refractivity contribution in [3.8, 4) is 10.7 Å². The SMILES string of the molecule is O=C(O)c1csc(-c2ncc(Cl)cc2Cl)n1. The lowest BCUT2D eigenvalue weighted by molar-refractivity contribution is 0.0691. The standard InChI is InChI=1S/C9H4Cl2N2O2S/c10-4-1-5(11)7(12-2-4)8-13-6(3-16-8)9(14)15/h1-3H,(H,14,15). The molecule has 1 N–H and O–H groups in total. The Bertz CT molecular complexity index is 556. The van der Waals surface area contributed by atoms with Crippen LogP contribution < -0.4 is 0 Å². The van der Waals surface area contributed by atoms with Crippen LogP contribution in [0.1, 0.15) is 10.5 Å². The highest BCUT2D eigenvalue weighted by Crippen LogP contribution is 2.29. The van der Waals surface area contributed by atoms with Crippen LogP contribution in [0.5, 0.6) is 0 Å². The van der Waals surface area contributed by atoms with E-state index in [1.165, 1.54) is 29.0 Å². The summed E-state index contributed by atoms with van der Waals surface area (Å²) in [6.45, 7) is 0. The molecule has 0 saturated carbocycles. The highest BCUT2D eigenvalue weighted by molar-refractivity contribution is 7.13. The van der Waals surface area contributed by atoms with Gasteiger partial charge in [0.1, 0.15) is 10.7 Å². The Kier molecular flexibility index (Phi) is 3.09. The van der Waals surface area contributed by atoms with Crippen molar-refractivity contribution in [3.63, 3.8) is 0 Å². The van der Waals surface area contributed by atoms with Crippen molar-refractivity contribution < 1.29 is 9.90 Å². The van der Waals surface area contributed by atoms with E-state index in [4.69, 9.17) is 28.3 Å². The summed E-state index contributed by atoms with van der Waals surface area (Å²) >= 11 is 12.8. The molecule has 0 radical (unpaired) electrons. The van der Waals surface area contributed by atoms with Crippen LogP contribution in [0.4, 0.5) is 0 Å². The molecule has 0 aliphatic carbocycles. The number of carbonyl (C=O) groups is 1. The van der Waals surface area contributed by atoms with Gasteiger partial charge in [0.25, 0.3) is 0 Å². The molecule has 0 spiro atoms. The zero-order valence-electron chi connectivity index (χ0n) is 7.65. The summed E-state index contributed by atoms with van der Waals surface area (Å²) in [7, 11) is 0. The fraction of sp³-hybridized carbons (Fsp3) is 0. The molecule has 0 saturated heterocycles. The van der Waals surface area contributed by atoms with Crippen LogP contribution in [0.3, 0.4) is 0 Å². The Balaban J connectivity index is 2.46. The third-order valence-corrected chi connectivity index (χ3v) is 3.08. The number of halogens is 2. The summed E-state index contributed by atoms with van der Waals surface area (Å²) in [6, 6.07) is 1.54. The highest BCUT2D eigenvalue weighted by atomic mass is 35.5. The van der Waals surface area contributed by atoms with E-state index in [0.717, 1.165) is 0 Å². The topological polar surface area (TPSA) is 63.1 Å². The molecule has 7 heteroatoms. The lowest BCUT2D eigenvalue weighted by Gasteiger charge is -1.98. The average Bonchev–Trinajstić information content (AvgIpc) is 2.66. The number of thiazole rings is 1. The number of aromatic nitrogens is 2. The number of rotatable bonds is 2. The minimum atomic E-state index is -1.08. The molecule has 0 aromatic carbocycles. The Hall–Kier alpha value is -1.17. The predicted octanol–water partition coefficient (Wildman–Crippen LogP) is 3.21. The zero-order chi connectivity index (χ0) is 11.7. The van der Waals surface area contributed by atoms with Gasteiger partial charge in [-0.05, 0) is 6.07 Å².